The number of rotatable bonds is 5. The molecule has 3 rings (SSSR count). The second-order valence-electron chi connectivity index (χ2n) is 5.51. The zero-order valence-electron chi connectivity index (χ0n) is 13.8. The van der Waals surface area contributed by atoms with Crippen LogP contribution in [0.1, 0.15) is 25.0 Å². The van der Waals surface area contributed by atoms with E-state index in [0.717, 1.165) is 5.56 Å². The number of aromatic nitrogens is 1. The molecule has 0 saturated heterocycles. The van der Waals surface area contributed by atoms with Crippen LogP contribution >= 0.6 is 0 Å². The third-order valence-electron chi connectivity index (χ3n) is 3.80. The summed E-state index contributed by atoms with van der Waals surface area (Å²) in [6.07, 6.45) is -0.724. The zero-order valence-corrected chi connectivity index (χ0v) is 13.8. The number of nitrogens with two attached hydrogens (primary N) is 1. The topological polar surface area (TPSA) is 94.8 Å². The van der Waals surface area contributed by atoms with Crippen molar-refractivity contribution in [1.29, 1.82) is 0 Å². The van der Waals surface area contributed by atoms with Gasteiger partial charge in [0, 0.05) is 12.1 Å². The SMILES string of the molecule is CCOC(=O)CCN1C(=O)C(c2ccccc2)Oc2ccc(N)nc21. The van der Waals surface area contributed by atoms with Crippen molar-refractivity contribution in [2.75, 3.05) is 23.8 Å². The summed E-state index contributed by atoms with van der Waals surface area (Å²) in [5, 5.41) is 0. The molecule has 2 N–H and O–H groups in total. The van der Waals surface area contributed by atoms with E-state index in [4.69, 9.17) is 15.2 Å². The van der Waals surface area contributed by atoms with Gasteiger partial charge in [-0.15, -0.1) is 0 Å². The molecule has 130 valence electrons. The molecule has 1 aromatic heterocycles. The Kier molecular flexibility index (Phi) is 4.83. The lowest BCUT2D eigenvalue weighted by atomic mass is 10.1. The van der Waals surface area contributed by atoms with Gasteiger partial charge in [0.25, 0.3) is 5.91 Å². The Bertz CT molecular complexity index is 779. The van der Waals surface area contributed by atoms with E-state index in [2.05, 4.69) is 4.98 Å². The Hall–Kier alpha value is -3.09. The van der Waals surface area contributed by atoms with Crippen LogP contribution in [0, 0.1) is 0 Å². The van der Waals surface area contributed by atoms with Crippen LogP contribution in [0.3, 0.4) is 0 Å². The molecule has 1 unspecified atom stereocenters. The van der Waals surface area contributed by atoms with Crippen molar-refractivity contribution in [3.63, 3.8) is 0 Å². The molecule has 25 heavy (non-hydrogen) atoms. The largest absolute Gasteiger partial charge is 0.472 e. The van der Waals surface area contributed by atoms with Gasteiger partial charge in [0.1, 0.15) is 5.82 Å². The number of pyridine rings is 1. The fourth-order valence-electron chi connectivity index (χ4n) is 2.65. The fraction of sp³-hybridized carbons (Fsp3) is 0.278. The van der Waals surface area contributed by atoms with Gasteiger partial charge in [0.15, 0.2) is 11.6 Å². The van der Waals surface area contributed by atoms with E-state index in [1.165, 1.54) is 4.90 Å². The molecule has 0 fully saturated rings. The Morgan fingerprint density at radius 1 is 1.28 bits per heavy atom. The molecule has 1 aliphatic rings. The molecular formula is C18H19N3O4. The summed E-state index contributed by atoms with van der Waals surface area (Å²) in [6, 6.07) is 12.5. The first-order valence-electron chi connectivity index (χ1n) is 8.05. The maximum atomic E-state index is 12.9. The lowest BCUT2D eigenvalue weighted by Crippen LogP contribution is -2.43. The summed E-state index contributed by atoms with van der Waals surface area (Å²) in [4.78, 5) is 30.3. The molecule has 2 aromatic rings. The molecule has 1 aliphatic heterocycles. The van der Waals surface area contributed by atoms with E-state index in [-0.39, 0.29) is 30.7 Å². The quantitative estimate of drug-likeness (QED) is 0.837. The van der Waals surface area contributed by atoms with Crippen LogP contribution in [-0.2, 0) is 14.3 Å². The maximum Gasteiger partial charge on any atom is 0.307 e. The first kappa shape index (κ1) is 16.8. The highest BCUT2D eigenvalue weighted by molar-refractivity contribution is 6.00. The molecule has 2 heterocycles. The molecule has 0 bridgehead atoms. The van der Waals surface area contributed by atoms with Crippen LogP contribution in [0.4, 0.5) is 11.6 Å². The lowest BCUT2D eigenvalue weighted by molar-refractivity contribution is -0.142. The van der Waals surface area contributed by atoms with Gasteiger partial charge in [0.05, 0.1) is 13.0 Å². The number of carbonyl (C=O) groups is 2. The number of benzene rings is 1. The van der Waals surface area contributed by atoms with E-state index < -0.39 is 6.10 Å². The van der Waals surface area contributed by atoms with Crippen LogP contribution in [-0.4, -0.2) is 30.0 Å². The van der Waals surface area contributed by atoms with Crippen molar-refractivity contribution in [2.24, 2.45) is 0 Å². The summed E-state index contributed by atoms with van der Waals surface area (Å²) in [6.45, 7) is 2.18. The number of nitrogen functional groups attached to an aromatic ring is 1. The average molecular weight is 341 g/mol. The highest BCUT2D eigenvalue weighted by Gasteiger charge is 2.36. The number of amides is 1. The minimum absolute atomic E-state index is 0.0665. The number of fused-ring (bicyclic) bond motifs is 1. The Morgan fingerprint density at radius 3 is 2.76 bits per heavy atom. The summed E-state index contributed by atoms with van der Waals surface area (Å²) in [5.41, 5.74) is 6.48. The number of carbonyl (C=O) groups excluding carboxylic acids is 2. The highest BCUT2D eigenvalue weighted by Crippen LogP contribution is 2.38. The van der Waals surface area contributed by atoms with Gasteiger partial charge in [-0.05, 0) is 19.1 Å². The summed E-state index contributed by atoms with van der Waals surface area (Å²) in [5.74, 6) is 0.382. The van der Waals surface area contributed by atoms with E-state index in [1.807, 2.05) is 30.3 Å². The predicted molar refractivity (Wildman–Crippen MR) is 92.1 cm³/mol. The normalized spacial score (nSPS) is 16.1. The van der Waals surface area contributed by atoms with Crippen molar-refractivity contribution in [1.82, 2.24) is 4.98 Å². The molecule has 7 heteroatoms. The monoisotopic (exact) mass is 341 g/mol. The van der Waals surface area contributed by atoms with Gasteiger partial charge >= 0.3 is 5.97 Å². The number of esters is 1. The number of ether oxygens (including phenoxy) is 2. The third-order valence-corrected chi connectivity index (χ3v) is 3.80. The maximum absolute atomic E-state index is 12.9. The highest BCUT2D eigenvalue weighted by atomic mass is 16.5. The van der Waals surface area contributed by atoms with Gasteiger partial charge in [-0.2, -0.15) is 0 Å². The molecule has 1 atom stereocenters. The van der Waals surface area contributed by atoms with E-state index in [9.17, 15) is 9.59 Å². The van der Waals surface area contributed by atoms with Gasteiger partial charge < -0.3 is 15.2 Å². The molecule has 1 amide bonds. The van der Waals surface area contributed by atoms with Gasteiger partial charge in [-0.3, -0.25) is 14.5 Å². The summed E-state index contributed by atoms with van der Waals surface area (Å²) in [7, 11) is 0. The molecular weight excluding hydrogens is 322 g/mol. The van der Waals surface area contributed by atoms with Crippen molar-refractivity contribution >= 4 is 23.5 Å². The van der Waals surface area contributed by atoms with Gasteiger partial charge in [0.2, 0.25) is 6.10 Å². The number of hydrogen-bond donors (Lipinski definition) is 1. The van der Waals surface area contributed by atoms with E-state index >= 15 is 0 Å². The number of anilines is 2. The first-order valence-corrected chi connectivity index (χ1v) is 8.05. The van der Waals surface area contributed by atoms with Crippen LogP contribution in [0.2, 0.25) is 0 Å². The Balaban J connectivity index is 1.92. The van der Waals surface area contributed by atoms with Crippen molar-refractivity contribution in [2.45, 2.75) is 19.4 Å². The Morgan fingerprint density at radius 2 is 2.04 bits per heavy atom. The van der Waals surface area contributed by atoms with Crippen LogP contribution in [0.25, 0.3) is 0 Å². The first-order chi connectivity index (χ1) is 12.1. The smallest absolute Gasteiger partial charge is 0.307 e. The van der Waals surface area contributed by atoms with Crippen LogP contribution in [0.5, 0.6) is 5.75 Å². The van der Waals surface area contributed by atoms with Crippen molar-refractivity contribution in [3.05, 3.63) is 48.0 Å². The molecule has 0 aliphatic carbocycles. The van der Waals surface area contributed by atoms with Gasteiger partial charge in [-0.25, -0.2) is 4.98 Å². The minimum Gasteiger partial charge on any atom is -0.472 e. The fourth-order valence-corrected chi connectivity index (χ4v) is 2.65. The molecule has 0 radical (unpaired) electrons. The van der Waals surface area contributed by atoms with Crippen LogP contribution in [0.15, 0.2) is 42.5 Å². The zero-order chi connectivity index (χ0) is 17.8. The second-order valence-corrected chi connectivity index (χ2v) is 5.51. The molecule has 1 aromatic carbocycles. The van der Waals surface area contributed by atoms with Gasteiger partial charge in [-0.1, -0.05) is 30.3 Å². The van der Waals surface area contributed by atoms with Crippen molar-refractivity contribution < 1.29 is 19.1 Å². The molecule has 0 spiro atoms. The van der Waals surface area contributed by atoms with E-state index in [0.29, 0.717) is 18.2 Å². The third kappa shape index (κ3) is 3.55. The lowest BCUT2D eigenvalue weighted by Gasteiger charge is -2.33. The predicted octanol–water partition coefficient (Wildman–Crippen LogP) is 2.08. The number of hydrogen-bond acceptors (Lipinski definition) is 6. The van der Waals surface area contributed by atoms with Crippen LogP contribution < -0.4 is 15.4 Å². The average Bonchev–Trinajstić information content (AvgIpc) is 2.61. The molecule has 7 nitrogen and oxygen atoms in total. The molecule has 0 saturated carbocycles. The summed E-state index contributed by atoms with van der Waals surface area (Å²) < 4.78 is 10.8. The van der Waals surface area contributed by atoms with Crippen molar-refractivity contribution in [3.8, 4) is 5.75 Å². The summed E-state index contributed by atoms with van der Waals surface area (Å²) >= 11 is 0. The number of nitrogens with zero attached hydrogens (tertiary/aromatic N) is 2. The minimum atomic E-state index is -0.790. The second kappa shape index (κ2) is 7.21. The standard InChI is InChI=1S/C18H19N3O4/c1-2-24-15(22)10-11-21-17-13(8-9-14(19)20-17)25-16(18(21)23)12-6-4-3-5-7-12/h3-9,16H,2,10-11H2,1H3,(H2,19,20). The Labute approximate surface area is 145 Å². The van der Waals surface area contributed by atoms with E-state index in [1.54, 1.807) is 19.1 Å².